The number of benzene rings is 2. The highest BCUT2D eigenvalue weighted by molar-refractivity contribution is 7.84. The molecule has 3 nitrogen and oxygen atoms in total. The number of methoxy groups -OCH3 is 1. The minimum absolute atomic E-state index is 0.165. The first-order valence-corrected chi connectivity index (χ1v) is 7.16. The average Bonchev–Trinajstić information content (AvgIpc) is 2.46. The molecule has 0 N–H and O–H groups in total. The highest BCUT2D eigenvalue weighted by atomic mass is 32.2. The van der Waals surface area contributed by atoms with Crippen molar-refractivity contribution in [2.45, 2.75) is 10.6 Å². The summed E-state index contributed by atoms with van der Waals surface area (Å²) in [5, 5.41) is 8.79. The number of rotatable bonds is 4. The Morgan fingerprint density at radius 3 is 2.55 bits per heavy atom. The van der Waals surface area contributed by atoms with Crippen LogP contribution in [0.15, 0.2) is 47.4 Å². The van der Waals surface area contributed by atoms with E-state index in [0.29, 0.717) is 16.2 Å². The summed E-state index contributed by atoms with van der Waals surface area (Å²) in [5.41, 5.74) is 0.766. The molecule has 2 aromatic carbocycles. The maximum atomic E-state index is 13.3. The first kappa shape index (κ1) is 14.2. The monoisotopic (exact) mass is 289 g/mol. The Labute approximate surface area is 119 Å². The maximum absolute atomic E-state index is 13.3. The Morgan fingerprint density at radius 2 is 1.95 bits per heavy atom. The molecule has 0 bridgehead atoms. The molecule has 0 aliphatic carbocycles. The van der Waals surface area contributed by atoms with Crippen LogP contribution in [0.2, 0.25) is 0 Å². The van der Waals surface area contributed by atoms with Crippen molar-refractivity contribution in [1.29, 1.82) is 5.26 Å². The molecular weight excluding hydrogens is 277 g/mol. The van der Waals surface area contributed by atoms with E-state index in [4.69, 9.17) is 10.00 Å². The van der Waals surface area contributed by atoms with Crippen LogP contribution in [-0.4, -0.2) is 11.3 Å². The Bertz CT molecular complexity index is 677. The summed E-state index contributed by atoms with van der Waals surface area (Å²) in [7, 11) is 0.263. The molecule has 5 heteroatoms. The predicted molar refractivity (Wildman–Crippen MR) is 74.2 cm³/mol. The molecule has 0 fully saturated rings. The van der Waals surface area contributed by atoms with Crippen LogP contribution in [0.3, 0.4) is 0 Å². The van der Waals surface area contributed by atoms with Gasteiger partial charge in [-0.3, -0.25) is 4.21 Å². The number of halogens is 1. The molecule has 20 heavy (non-hydrogen) atoms. The number of hydrogen-bond acceptors (Lipinski definition) is 3. The van der Waals surface area contributed by atoms with Gasteiger partial charge in [-0.05, 0) is 48.0 Å². The second kappa shape index (κ2) is 6.31. The van der Waals surface area contributed by atoms with Crippen LogP contribution in [0.1, 0.15) is 11.1 Å². The quantitative estimate of drug-likeness (QED) is 0.869. The number of nitrogens with zero attached hydrogens (tertiary/aromatic N) is 1. The van der Waals surface area contributed by atoms with Crippen LogP contribution in [0.5, 0.6) is 5.75 Å². The van der Waals surface area contributed by atoms with E-state index in [2.05, 4.69) is 0 Å². The highest BCUT2D eigenvalue weighted by Crippen LogP contribution is 2.18. The minimum Gasteiger partial charge on any atom is -0.497 e. The molecular formula is C15H12FNO2S. The molecule has 2 rings (SSSR count). The van der Waals surface area contributed by atoms with Crippen LogP contribution in [0.25, 0.3) is 0 Å². The van der Waals surface area contributed by atoms with Crippen molar-refractivity contribution in [2.75, 3.05) is 7.11 Å². The molecule has 102 valence electrons. The summed E-state index contributed by atoms with van der Waals surface area (Å²) >= 11 is 0. The molecule has 0 aliphatic rings. The Kier molecular flexibility index (Phi) is 4.49. The van der Waals surface area contributed by atoms with E-state index in [1.165, 1.54) is 6.07 Å². The maximum Gasteiger partial charge on any atom is 0.124 e. The number of ether oxygens (including phenoxy) is 1. The van der Waals surface area contributed by atoms with E-state index in [1.54, 1.807) is 37.4 Å². The second-order valence-electron chi connectivity index (χ2n) is 4.13. The predicted octanol–water partition coefficient (Wildman–Crippen LogP) is 3.01. The smallest absolute Gasteiger partial charge is 0.124 e. The van der Waals surface area contributed by atoms with Crippen LogP contribution < -0.4 is 4.74 Å². The van der Waals surface area contributed by atoms with Gasteiger partial charge < -0.3 is 4.74 Å². The van der Waals surface area contributed by atoms with Crippen LogP contribution in [-0.2, 0) is 16.6 Å². The fraction of sp³-hybridized carbons (Fsp3) is 0.133. The lowest BCUT2D eigenvalue weighted by molar-refractivity contribution is 0.414. The topological polar surface area (TPSA) is 50.1 Å². The van der Waals surface area contributed by atoms with E-state index in [9.17, 15) is 8.60 Å². The molecule has 0 saturated carbocycles. The van der Waals surface area contributed by atoms with Gasteiger partial charge in [0.2, 0.25) is 0 Å². The van der Waals surface area contributed by atoms with Crippen LogP contribution in [0, 0.1) is 17.1 Å². The van der Waals surface area contributed by atoms with Crippen molar-refractivity contribution in [2.24, 2.45) is 0 Å². The van der Waals surface area contributed by atoms with Gasteiger partial charge in [-0.25, -0.2) is 4.39 Å². The normalized spacial score (nSPS) is 11.7. The zero-order valence-electron chi connectivity index (χ0n) is 10.8. The number of nitriles is 1. The average molecular weight is 289 g/mol. The summed E-state index contributed by atoms with van der Waals surface area (Å²) in [6.45, 7) is 0. The summed E-state index contributed by atoms with van der Waals surface area (Å²) in [6.07, 6.45) is 0. The summed E-state index contributed by atoms with van der Waals surface area (Å²) in [4.78, 5) is 0.633. The van der Waals surface area contributed by atoms with Gasteiger partial charge in [-0.2, -0.15) is 5.26 Å². The largest absolute Gasteiger partial charge is 0.497 e. The molecule has 0 spiro atoms. The highest BCUT2D eigenvalue weighted by Gasteiger charge is 2.08. The molecule has 0 amide bonds. The first-order valence-electron chi connectivity index (χ1n) is 5.84. The lowest BCUT2D eigenvalue weighted by Gasteiger charge is -2.05. The Morgan fingerprint density at radius 1 is 1.25 bits per heavy atom. The van der Waals surface area contributed by atoms with Crippen molar-refractivity contribution in [3.63, 3.8) is 0 Å². The van der Waals surface area contributed by atoms with Gasteiger partial charge in [0, 0.05) is 4.90 Å². The van der Waals surface area contributed by atoms with Crippen LogP contribution in [0.4, 0.5) is 4.39 Å². The minimum atomic E-state index is -1.29. The molecule has 0 radical (unpaired) electrons. The van der Waals surface area contributed by atoms with E-state index < -0.39 is 16.6 Å². The van der Waals surface area contributed by atoms with Gasteiger partial charge in [0.05, 0.1) is 35.3 Å². The molecule has 0 aliphatic heterocycles. The SMILES string of the molecule is COc1ccc(S(=O)Cc2cc(F)cc(C#N)c2)cc1. The summed E-state index contributed by atoms with van der Waals surface area (Å²) in [6, 6.07) is 12.7. The van der Waals surface area contributed by atoms with Crippen molar-refractivity contribution in [3.8, 4) is 11.8 Å². The standard InChI is InChI=1S/C15H12FNO2S/c1-19-14-2-4-15(5-3-14)20(18)10-12-6-11(9-17)7-13(16)8-12/h2-8H,10H2,1H3. The Balaban J connectivity index is 2.18. The molecule has 0 aromatic heterocycles. The van der Waals surface area contributed by atoms with Crippen molar-refractivity contribution < 1.29 is 13.3 Å². The van der Waals surface area contributed by atoms with E-state index in [1.807, 2.05) is 6.07 Å². The fourth-order valence-electron chi connectivity index (χ4n) is 1.76. The van der Waals surface area contributed by atoms with Crippen molar-refractivity contribution in [1.82, 2.24) is 0 Å². The zero-order chi connectivity index (χ0) is 14.5. The lowest BCUT2D eigenvalue weighted by Crippen LogP contribution is -1.98. The van der Waals surface area contributed by atoms with Gasteiger partial charge in [0.25, 0.3) is 0 Å². The Hall–Kier alpha value is -2.19. The third-order valence-electron chi connectivity index (χ3n) is 2.71. The fourth-order valence-corrected chi connectivity index (χ4v) is 2.84. The van der Waals surface area contributed by atoms with Gasteiger partial charge in [0.15, 0.2) is 0 Å². The molecule has 0 saturated heterocycles. The summed E-state index contributed by atoms with van der Waals surface area (Å²) in [5.74, 6) is 0.354. The zero-order valence-corrected chi connectivity index (χ0v) is 11.6. The van der Waals surface area contributed by atoms with Crippen molar-refractivity contribution >= 4 is 10.8 Å². The van der Waals surface area contributed by atoms with Gasteiger partial charge >= 0.3 is 0 Å². The van der Waals surface area contributed by atoms with E-state index in [0.717, 1.165) is 6.07 Å². The van der Waals surface area contributed by atoms with E-state index in [-0.39, 0.29) is 11.3 Å². The molecule has 1 unspecified atom stereocenters. The molecule has 2 aromatic rings. The van der Waals surface area contributed by atoms with Crippen molar-refractivity contribution in [3.05, 3.63) is 59.4 Å². The van der Waals surface area contributed by atoms with Gasteiger partial charge in [-0.15, -0.1) is 0 Å². The number of hydrogen-bond donors (Lipinski definition) is 0. The molecule has 0 heterocycles. The van der Waals surface area contributed by atoms with E-state index >= 15 is 0 Å². The summed E-state index contributed by atoms with van der Waals surface area (Å²) < 4.78 is 30.5. The third-order valence-corrected chi connectivity index (χ3v) is 4.10. The molecule has 1 atom stereocenters. The van der Waals surface area contributed by atoms with Crippen LogP contribution >= 0.6 is 0 Å². The van der Waals surface area contributed by atoms with Gasteiger partial charge in [-0.1, -0.05) is 0 Å². The lowest BCUT2D eigenvalue weighted by atomic mass is 10.1. The third kappa shape index (κ3) is 3.43. The second-order valence-corrected chi connectivity index (χ2v) is 5.58. The first-order chi connectivity index (χ1) is 9.62. The van der Waals surface area contributed by atoms with Gasteiger partial charge in [0.1, 0.15) is 11.6 Å².